The Morgan fingerprint density at radius 1 is 1.15 bits per heavy atom. The van der Waals surface area contributed by atoms with Crippen molar-refractivity contribution in [3.05, 3.63) is 58.0 Å². The molecule has 1 fully saturated rings. The number of carbonyl (C=O) groups is 2. The Bertz CT molecular complexity index is 1380. The highest BCUT2D eigenvalue weighted by atomic mass is 32.2. The lowest BCUT2D eigenvalue weighted by Gasteiger charge is -2.32. The number of aliphatic imine (C=N–C) groups is 1. The van der Waals surface area contributed by atoms with Gasteiger partial charge in [-0.1, -0.05) is 6.07 Å². The van der Waals surface area contributed by atoms with E-state index in [2.05, 4.69) is 4.99 Å². The average molecular weight is 560 g/mol. The van der Waals surface area contributed by atoms with Crippen molar-refractivity contribution in [1.82, 2.24) is 4.90 Å². The minimum atomic E-state index is -4.73. The number of rotatable bonds is 6. The summed E-state index contributed by atoms with van der Waals surface area (Å²) in [6, 6.07) is 9.31. The van der Waals surface area contributed by atoms with Crippen LogP contribution in [0.4, 0.5) is 13.2 Å². The molecule has 1 amide bonds. The standard InChI is InChI=1S/C27H24F3N3O5S/c1-36-22-12-17(3-6-21(22)38-20-5-4-18(15-31)11-19(20)27(28,29)30)13-23-25(35)32-26(39-23)33-9-7-16(8-10-33)14-24(34)37-2/h3-6,11-13,16H,7-10,14H2,1-2H3/b23-13-. The van der Waals surface area contributed by atoms with Crippen molar-refractivity contribution in [1.29, 1.82) is 5.26 Å². The molecular formula is C27H24F3N3O5S. The summed E-state index contributed by atoms with van der Waals surface area (Å²) in [6.45, 7) is 1.34. The smallest absolute Gasteiger partial charge is 0.420 e. The summed E-state index contributed by atoms with van der Waals surface area (Å²) in [5.74, 6) is -0.667. The molecule has 0 bridgehead atoms. The maximum Gasteiger partial charge on any atom is 0.420 e. The molecule has 39 heavy (non-hydrogen) atoms. The number of piperidine rings is 1. The van der Waals surface area contributed by atoms with E-state index in [1.807, 2.05) is 4.90 Å². The second kappa shape index (κ2) is 11.8. The van der Waals surface area contributed by atoms with E-state index in [0.717, 1.165) is 25.0 Å². The Balaban J connectivity index is 1.47. The Morgan fingerprint density at radius 3 is 2.51 bits per heavy atom. The molecule has 0 atom stereocenters. The minimum Gasteiger partial charge on any atom is -0.493 e. The van der Waals surface area contributed by atoms with E-state index in [9.17, 15) is 22.8 Å². The number of nitrogens with zero attached hydrogens (tertiary/aromatic N) is 3. The number of carbonyl (C=O) groups excluding carboxylic acids is 2. The number of ether oxygens (including phenoxy) is 3. The van der Waals surface area contributed by atoms with Gasteiger partial charge in [-0.3, -0.25) is 9.59 Å². The molecule has 2 aliphatic rings. The van der Waals surface area contributed by atoms with Crippen LogP contribution in [0.2, 0.25) is 0 Å². The number of hydrogen-bond acceptors (Lipinski definition) is 8. The first-order valence-electron chi connectivity index (χ1n) is 11.9. The third-order valence-corrected chi connectivity index (χ3v) is 7.34. The van der Waals surface area contributed by atoms with E-state index in [1.54, 1.807) is 24.3 Å². The molecule has 0 N–H and O–H groups in total. The van der Waals surface area contributed by atoms with Crippen LogP contribution < -0.4 is 9.47 Å². The van der Waals surface area contributed by atoms with Crippen LogP contribution in [0, 0.1) is 17.2 Å². The molecule has 2 heterocycles. The predicted octanol–water partition coefficient (Wildman–Crippen LogP) is 5.62. The van der Waals surface area contributed by atoms with Gasteiger partial charge in [-0.25, -0.2) is 0 Å². The molecule has 0 saturated carbocycles. The van der Waals surface area contributed by atoms with Gasteiger partial charge < -0.3 is 19.1 Å². The SMILES string of the molecule is COC(=O)CC1CCN(C2=NC(=O)/C(=C/c3ccc(Oc4ccc(C#N)cc4C(F)(F)F)c(OC)c3)S2)CC1. The fraction of sp³-hybridized carbons (Fsp3) is 0.333. The number of amidine groups is 1. The lowest BCUT2D eigenvalue weighted by molar-refractivity contribution is -0.142. The van der Waals surface area contributed by atoms with Gasteiger partial charge in [0.2, 0.25) is 0 Å². The largest absolute Gasteiger partial charge is 0.493 e. The maximum absolute atomic E-state index is 13.5. The summed E-state index contributed by atoms with van der Waals surface area (Å²) in [5.41, 5.74) is -0.657. The van der Waals surface area contributed by atoms with E-state index in [0.29, 0.717) is 35.1 Å². The van der Waals surface area contributed by atoms with Gasteiger partial charge in [0.15, 0.2) is 16.7 Å². The lowest BCUT2D eigenvalue weighted by Crippen LogP contribution is -2.37. The fourth-order valence-electron chi connectivity index (χ4n) is 4.22. The first kappa shape index (κ1) is 28.0. The zero-order chi connectivity index (χ0) is 28.2. The highest BCUT2D eigenvalue weighted by molar-refractivity contribution is 8.18. The van der Waals surface area contributed by atoms with Gasteiger partial charge in [0.1, 0.15) is 5.75 Å². The summed E-state index contributed by atoms with van der Waals surface area (Å²) in [5, 5.41) is 9.55. The van der Waals surface area contributed by atoms with Gasteiger partial charge >= 0.3 is 12.1 Å². The molecule has 0 spiro atoms. The fourth-order valence-corrected chi connectivity index (χ4v) is 5.18. The Labute approximate surface area is 227 Å². The van der Waals surface area contributed by atoms with Gasteiger partial charge in [0.05, 0.1) is 36.3 Å². The number of halogens is 3. The molecule has 8 nitrogen and oxygen atoms in total. The number of nitriles is 1. The quantitative estimate of drug-likeness (QED) is 0.332. The highest BCUT2D eigenvalue weighted by Crippen LogP contribution is 2.41. The third kappa shape index (κ3) is 6.72. The maximum atomic E-state index is 13.5. The van der Waals surface area contributed by atoms with Crippen LogP contribution >= 0.6 is 11.8 Å². The van der Waals surface area contributed by atoms with E-state index < -0.39 is 23.4 Å². The topological polar surface area (TPSA) is 101 Å². The van der Waals surface area contributed by atoms with Crippen LogP contribution in [0.1, 0.15) is 36.0 Å². The van der Waals surface area contributed by atoms with Gasteiger partial charge in [0.25, 0.3) is 5.91 Å². The van der Waals surface area contributed by atoms with Crippen molar-refractivity contribution in [2.45, 2.75) is 25.4 Å². The Hall–Kier alpha value is -3.98. The molecule has 2 aromatic rings. The highest BCUT2D eigenvalue weighted by Gasteiger charge is 2.35. The van der Waals surface area contributed by atoms with Crippen molar-refractivity contribution < 1.29 is 37.0 Å². The van der Waals surface area contributed by atoms with E-state index in [4.69, 9.17) is 19.5 Å². The van der Waals surface area contributed by atoms with E-state index in [1.165, 1.54) is 38.1 Å². The lowest BCUT2D eigenvalue weighted by atomic mass is 9.94. The van der Waals surface area contributed by atoms with Crippen molar-refractivity contribution in [3.63, 3.8) is 0 Å². The van der Waals surface area contributed by atoms with E-state index >= 15 is 0 Å². The molecule has 0 aromatic heterocycles. The zero-order valence-electron chi connectivity index (χ0n) is 21.1. The second-order valence-corrected chi connectivity index (χ2v) is 9.86. The van der Waals surface area contributed by atoms with Crippen molar-refractivity contribution >= 4 is 34.9 Å². The first-order valence-corrected chi connectivity index (χ1v) is 12.7. The minimum absolute atomic E-state index is 0.0343. The van der Waals surface area contributed by atoms with Gasteiger partial charge in [0, 0.05) is 19.5 Å². The predicted molar refractivity (Wildman–Crippen MR) is 138 cm³/mol. The van der Waals surface area contributed by atoms with Crippen LogP contribution in [0.5, 0.6) is 17.2 Å². The van der Waals surface area contributed by atoms with Crippen LogP contribution in [0.15, 0.2) is 46.3 Å². The van der Waals surface area contributed by atoms with Crippen molar-refractivity contribution in [2.24, 2.45) is 10.9 Å². The number of benzene rings is 2. The molecule has 0 radical (unpaired) electrons. The molecule has 204 valence electrons. The zero-order valence-corrected chi connectivity index (χ0v) is 21.9. The number of hydrogen-bond donors (Lipinski definition) is 0. The van der Waals surface area contributed by atoms with Crippen LogP contribution in [0.3, 0.4) is 0 Å². The summed E-state index contributed by atoms with van der Waals surface area (Å²) in [6.07, 6.45) is -1.15. The molecular weight excluding hydrogens is 535 g/mol. The first-order chi connectivity index (χ1) is 18.6. The molecule has 2 aliphatic heterocycles. The van der Waals surface area contributed by atoms with Crippen LogP contribution in [-0.4, -0.2) is 49.3 Å². The number of methoxy groups -OCH3 is 2. The number of amides is 1. The number of esters is 1. The third-order valence-electron chi connectivity index (χ3n) is 6.30. The Morgan fingerprint density at radius 2 is 1.87 bits per heavy atom. The summed E-state index contributed by atoms with van der Waals surface area (Å²) in [4.78, 5) is 30.7. The van der Waals surface area contributed by atoms with Gasteiger partial charge in [-0.2, -0.15) is 23.4 Å². The van der Waals surface area contributed by atoms with Gasteiger partial charge in [-0.15, -0.1) is 0 Å². The molecule has 12 heteroatoms. The molecule has 2 aromatic carbocycles. The number of likely N-dealkylation sites (tertiary alicyclic amines) is 1. The summed E-state index contributed by atoms with van der Waals surface area (Å²) >= 11 is 1.24. The van der Waals surface area contributed by atoms with Crippen molar-refractivity contribution in [3.8, 4) is 23.3 Å². The van der Waals surface area contributed by atoms with Crippen molar-refractivity contribution in [2.75, 3.05) is 27.3 Å². The molecule has 0 unspecified atom stereocenters. The Kier molecular flexibility index (Phi) is 8.50. The number of alkyl halides is 3. The normalized spacial score (nSPS) is 17.1. The number of thioether (sulfide) groups is 1. The summed E-state index contributed by atoms with van der Waals surface area (Å²) < 4.78 is 56.2. The molecule has 4 rings (SSSR count). The second-order valence-electron chi connectivity index (χ2n) is 8.85. The molecule has 0 aliphatic carbocycles. The van der Waals surface area contributed by atoms with Gasteiger partial charge in [-0.05, 0) is 72.5 Å². The monoisotopic (exact) mass is 559 g/mol. The van der Waals surface area contributed by atoms with Crippen LogP contribution in [0.25, 0.3) is 6.08 Å². The van der Waals surface area contributed by atoms with E-state index in [-0.39, 0.29) is 28.9 Å². The average Bonchev–Trinajstić information content (AvgIpc) is 3.29. The molecule has 1 saturated heterocycles. The summed E-state index contributed by atoms with van der Waals surface area (Å²) in [7, 11) is 2.72. The van der Waals surface area contributed by atoms with Crippen LogP contribution in [-0.2, 0) is 20.5 Å².